The number of aliphatic hydroxyl groups excluding tert-OH is 3. The number of phosphoric acid groups is 1. The van der Waals surface area contributed by atoms with Crippen LogP contribution in [0.15, 0.2) is 0 Å². The number of rotatable bonds is 27. The molecule has 0 radical (unpaired) electrons. The van der Waals surface area contributed by atoms with E-state index >= 15 is 0 Å². The molecule has 28 nitrogen and oxygen atoms in total. The Morgan fingerprint density at radius 3 is 1.87 bits per heavy atom. The number of guanidine groups is 1. The fraction of sp³-hybridized carbons (Fsp3) is 0.706. The van der Waals surface area contributed by atoms with Crippen LogP contribution in [0.2, 0.25) is 0 Å². The second-order valence-corrected chi connectivity index (χ2v) is 16.3. The second-order valence-electron chi connectivity index (χ2n) is 15.0. The van der Waals surface area contributed by atoms with Crippen LogP contribution in [0.25, 0.3) is 0 Å². The van der Waals surface area contributed by atoms with E-state index in [0.29, 0.717) is 12.7 Å². The van der Waals surface area contributed by atoms with Crippen molar-refractivity contribution in [3.8, 4) is 0 Å². The van der Waals surface area contributed by atoms with Crippen LogP contribution in [0.1, 0.15) is 59.8 Å². The zero-order chi connectivity index (χ0) is 48.4. The Hall–Kier alpha value is -5.35. The molecule has 1 fully saturated rings. The number of nitrogens with one attached hydrogen (secondary N) is 7. The fourth-order valence-electron chi connectivity index (χ4n) is 5.86. The molecule has 358 valence electrons. The van der Waals surface area contributed by atoms with E-state index in [0.717, 1.165) is 18.7 Å². The number of primary amides is 1. The van der Waals surface area contributed by atoms with E-state index in [1.54, 1.807) is 13.8 Å². The van der Waals surface area contributed by atoms with Gasteiger partial charge in [-0.25, -0.2) is 4.57 Å². The molecule has 8 amide bonds. The number of phosphoric ester groups is 1. The molecule has 0 aliphatic carbocycles. The van der Waals surface area contributed by atoms with Gasteiger partial charge in [-0.3, -0.25) is 59.3 Å². The fourth-order valence-corrected chi connectivity index (χ4v) is 6.20. The highest BCUT2D eigenvalue weighted by atomic mass is 31.2. The van der Waals surface area contributed by atoms with Gasteiger partial charge in [-0.15, -0.1) is 0 Å². The predicted molar refractivity (Wildman–Crippen MR) is 216 cm³/mol. The summed E-state index contributed by atoms with van der Waals surface area (Å²) in [7, 11) is -5.36. The van der Waals surface area contributed by atoms with Crippen molar-refractivity contribution < 1.29 is 82.3 Å². The number of nitrogens with two attached hydrogens (primary N) is 4. The summed E-state index contributed by atoms with van der Waals surface area (Å²) in [4.78, 5) is 139. The van der Waals surface area contributed by atoms with Crippen LogP contribution in [0.4, 0.5) is 0 Å². The van der Waals surface area contributed by atoms with Crippen LogP contribution in [-0.4, -0.2) is 176 Å². The maximum Gasteiger partial charge on any atom is 0.469 e. The van der Waals surface area contributed by atoms with Gasteiger partial charge >= 0.3 is 13.8 Å². The van der Waals surface area contributed by atoms with Gasteiger partial charge in [0, 0.05) is 6.54 Å². The molecule has 1 saturated heterocycles. The first-order valence-corrected chi connectivity index (χ1v) is 21.2. The van der Waals surface area contributed by atoms with E-state index in [4.69, 9.17) is 22.9 Å². The topological polar surface area (TPSA) is 475 Å². The van der Waals surface area contributed by atoms with Gasteiger partial charge in [0.2, 0.25) is 47.3 Å². The van der Waals surface area contributed by atoms with Crippen molar-refractivity contribution in [2.75, 3.05) is 26.3 Å². The lowest BCUT2D eigenvalue weighted by Crippen LogP contribution is -2.78. The number of nitrogens with zero attached hydrogens (tertiary/aromatic N) is 1. The third kappa shape index (κ3) is 19.3. The average Bonchev–Trinajstić information content (AvgIpc) is 3.68. The highest BCUT2D eigenvalue weighted by molar-refractivity contribution is 7.46. The average molecular weight is 926 g/mol. The van der Waals surface area contributed by atoms with Crippen molar-refractivity contribution in [2.24, 2.45) is 28.9 Å². The van der Waals surface area contributed by atoms with Crippen LogP contribution in [0.5, 0.6) is 0 Å². The summed E-state index contributed by atoms with van der Waals surface area (Å²) in [6.45, 7) is 3.19. The van der Waals surface area contributed by atoms with Gasteiger partial charge in [-0.1, -0.05) is 13.8 Å². The van der Waals surface area contributed by atoms with Crippen LogP contribution in [0, 0.1) is 5.92 Å². The van der Waals surface area contributed by atoms with E-state index < -0.39 is 135 Å². The molecule has 0 spiro atoms. The Balaban J connectivity index is 3.27. The molecular formula is C34H62N12O16P+. The van der Waals surface area contributed by atoms with Crippen molar-refractivity contribution in [3.05, 3.63) is 0 Å². The van der Waals surface area contributed by atoms with Crippen molar-refractivity contribution in [2.45, 2.75) is 120 Å². The molecule has 29 heteroatoms. The first kappa shape index (κ1) is 55.7. The maximum atomic E-state index is 13.9. The smallest absolute Gasteiger partial charge is 0.394 e. The third-order valence-corrected chi connectivity index (χ3v) is 9.86. The van der Waals surface area contributed by atoms with E-state index in [1.807, 2.05) is 5.32 Å². The molecule has 20 N–H and O–H groups in total. The SMILES string of the molecule is CC(C)[C@@H](C=O)NC(=O)[C@H](CC(N)=O)NC(=O)[C@@H]1CCCN1C(=O)[C@@H](NC(=O)[C@H](COP(=O)(O)O)NC(=O)[C@@H](NC(=O)[C@H](CO)NC(=O)[C@@H](N)CCC[NH+]=C(N)N)[C@@H](C)O)[C@@H](C)O. The summed E-state index contributed by atoms with van der Waals surface area (Å²) in [5.41, 5.74) is 21.7. The Morgan fingerprint density at radius 1 is 0.810 bits per heavy atom. The monoisotopic (exact) mass is 925 g/mol. The maximum absolute atomic E-state index is 13.9. The molecule has 0 unspecified atom stereocenters. The quantitative estimate of drug-likeness (QED) is 0.0120. The number of carbonyl (C=O) groups is 9. The largest absolute Gasteiger partial charge is 0.469 e. The highest BCUT2D eigenvalue weighted by Gasteiger charge is 2.42. The van der Waals surface area contributed by atoms with Crippen molar-refractivity contribution in [1.82, 2.24) is 36.8 Å². The Morgan fingerprint density at radius 2 is 1.37 bits per heavy atom. The zero-order valence-corrected chi connectivity index (χ0v) is 36.1. The van der Waals surface area contributed by atoms with Crippen LogP contribution < -0.4 is 59.8 Å². The number of amides is 8. The summed E-state index contributed by atoms with van der Waals surface area (Å²) in [6.07, 6.45) is -3.12. The first-order valence-electron chi connectivity index (χ1n) is 19.6. The number of hydrogen-bond acceptors (Lipinski definition) is 15. The summed E-state index contributed by atoms with van der Waals surface area (Å²) in [5.74, 6) is -9.23. The third-order valence-electron chi connectivity index (χ3n) is 9.38. The molecule has 0 saturated carbocycles. The van der Waals surface area contributed by atoms with E-state index in [2.05, 4.69) is 36.1 Å². The molecule has 10 atom stereocenters. The molecular weight excluding hydrogens is 863 g/mol. The van der Waals surface area contributed by atoms with Crippen LogP contribution in [-0.2, 0) is 52.2 Å². The number of hydrogen-bond donors (Lipinski definition) is 16. The van der Waals surface area contributed by atoms with E-state index in [-0.39, 0.29) is 44.2 Å². The Labute approximate surface area is 361 Å². The number of aliphatic hydroxyl groups is 3. The number of aldehydes is 1. The van der Waals surface area contributed by atoms with Gasteiger partial charge in [0.25, 0.3) is 0 Å². The zero-order valence-electron chi connectivity index (χ0n) is 35.2. The molecule has 63 heavy (non-hydrogen) atoms. The summed E-state index contributed by atoms with van der Waals surface area (Å²) in [5, 5.41) is 44.0. The van der Waals surface area contributed by atoms with Crippen molar-refractivity contribution in [1.29, 1.82) is 0 Å². The minimum atomic E-state index is -5.36. The summed E-state index contributed by atoms with van der Waals surface area (Å²) < 4.78 is 16.0. The van der Waals surface area contributed by atoms with Crippen molar-refractivity contribution >= 4 is 67.3 Å². The van der Waals surface area contributed by atoms with Crippen LogP contribution in [0.3, 0.4) is 0 Å². The predicted octanol–water partition coefficient (Wildman–Crippen LogP) is -10.1. The normalized spacial score (nSPS) is 18.1. The Bertz CT molecular complexity index is 1710. The van der Waals surface area contributed by atoms with E-state index in [9.17, 15) is 72.8 Å². The minimum absolute atomic E-state index is 0.00262. The minimum Gasteiger partial charge on any atom is -0.394 e. The first-order chi connectivity index (χ1) is 29.2. The molecule has 0 aromatic heterocycles. The van der Waals surface area contributed by atoms with Gasteiger partial charge in [0.05, 0.1) is 50.5 Å². The summed E-state index contributed by atoms with van der Waals surface area (Å²) >= 11 is 0. The molecule has 1 rings (SSSR count). The van der Waals surface area contributed by atoms with E-state index in [1.165, 1.54) is 0 Å². The molecule has 1 heterocycles. The molecule has 0 bridgehead atoms. The van der Waals surface area contributed by atoms with Gasteiger partial charge < -0.3 is 78.2 Å². The van der Waals surface area contributed by atoms with Crippen LogP contribution >= 0.6 is 7.82 Å². The standard InChI is InChI=1S/C34H61N12O16P/c1-15(2)20(12-47)41-28(53)19(11-24(36)51)40-31(56)23-8-6-10-46(23)33(58)26(17(4)50)45-30(55)22(14-62-63(59,60)61)43-32(57)25(16(3)49)44-29(54)21(13-48)42-27(52)18(35)7-5-9-39-34(37)38/h12,15-23,25-26,48-50H,5-11,13-14,35H2,1-4H3,(H2,36,51)(H,40,56)(H,41,53)(H,42,52)(H,43,57)(H,44,54)(H,45,55)(H4,37,38,39)(H2,59,60,61)/p+1/t16-,17-,18+,19+,20-,21+,22+,23+,25+,26+/m1/s1. The van der Waals surface area contributed by atoms with Gasteiger partial charge in [-0.2, -0.15) is 0 Å². The second kappa shape index (κ2) is 26.3. The summed E-state index contributed by atoms with van der Waals surface area (Å²) in [6, 6.07) is -12.8. The molecule has 0 aromatic rings. The lowest BCUT2D eigenvalue weighted by molar-refractivity contribution is -0.459. The highest BCUT2D eigenvalue weighted by Crippen LogP contribution is 2.35. The molecule has 1 aliphatic rings. The van der Waals surface area contributed by atoms with Gasteiger partial charge in [0.15, 0.2) is 0 Å². The lowest BCUT2D eigenvalue weighted by atomic mass is 10.0. The Kier molecular flexibility index (Phi) is 23.3. The number of carbonyl (C=O) groups excluding carboxylic acids is 9. The lowest BCUT2D eigenvalue weighted by Gasteiger charge is -2.32. The van der Waals surface area contributed by atoms with Gasteiger partial charge in [0.1, 0.15) is 42.5 Å². The van der Waals surface area contributed by atoms with Crippen molar-refractivity contribution in [3.63, 3.8) is 0 Å². The van der Waals surface area contributed by atoms with Gasteiger partial charge in [-0.05, 0) is 45.4 Å². The number of likely N-dealkylation sites (tertiary alicyclic amines) is 1. The molecule has 1 aliphatic heterocycles. The molecule has 0 aromatic carbocycles.